The van der Waals surface area contributed by atoms with E-state index in [0.29, 0.717) is 12.8 Å². The van der Waals surface area contributed by atoms with Gasteiger partial charge in [0.05, 0.1) is 5.92 Å². The quantitative estimate of drug-likeness (QED) is 0.719. The van der Waals surface area contributed by atoms with Crippen molar-refractivity contribution in [3.63, 3.8) is 0 Å². The monoisotopic (exact) mass is 290 g/mol. The number of aliphatic carboxylic acids is 1. The molecule has 0 bridgehead atoms. The molecule has 5 heteroatoms. The summed E-state index contributed by atoms with van der Waals surface area (Å²) in [5.41, 5.74) is 2.25. The Morgan fingerprint density at radius 1 is 1.43 bits per heavy atom. The van der Waals surface area contributed by atoms with Crippen molar-refractivity contribution in [1.29, 1.82) is 0 Å². The number of amides is 1. The molecule has 21 heavy (non-hydrogen) atoms. The SMILES string of the molecule is CCCC(CNC(=O)CC1CNc2ccccc21)C(=O)O. The molecule has 1 amide bonds. The topological polar surface area (TPSA) is 78.4 Å². The molecule has 1 aromatic rings. The van der Waals surface area contributed by atoms with Gasteiger partial charge in [-0.15, -0.1) is 0 Å². The summed E-state index contributed by atoms with van der Waals surface area (Å²) in [7, 11) is 0. The minimum absolute atomic E-state index is 0.0825. The zero-order valence-corrected chi connectivity index (χ0v) is 12.3. The predicted octanol–water partition coefficient (Wildman–Crippen LogP) is 2.20. The van der Waals surface area contributed by atoms with Gasteiger partial charge in [0, 0.05) is 31.1 Å². The molecule has 2 unspecified atom stereocenters. The molecule has 0 aliphatic carbocycles. The second-order valence-corrected chi connectivity index (χ2v) is 5.50. The second kappa shape index (κ2) is 7.11. The molecule has 1 heterocycles. The first kappa shape index (κ1) is 15.4. The van der Waals surface area contributed by atoms with Crippen molar-refractivity contribution in [1.82, 2.24) is 5.32 Å². The fraction of sp³-hybridized carbons (Fsp3) is 0.500. The number of nitrogens with one attached hydrogen (secondary N) is 2. The largest absolute Gasteiger partial charge is 0.481 e. The van der Waals surface area contributed by atoms with E-state index in [9.17, 15) is 9.59 Å². The van der Waals surface area contributed by atoms with Crippen LogP contribution >= 0.6 is 0 Å². The van der Waals surface area contributed by atoms with Gasteiger partial charge in [0.1, 0.15) is 0 Å². The number of carbonyl (C=O) groups is 2. The lowest BCUT2D eigenvalue weighted by Crippen LogP contribution is -2.33. The lowest BCUT2D eigenvalue weighted by atomic mass is 9.97. The highest BCUT2D eigenvalue weighted by atomic mass is 16.4. The smallest absolute Gasteiger partial charge is 0.308 e. The molecule has 0 saturated carbocycles. The van der Waals surface area contributed by atoms with Crippen LogP contribution in [-0.2, 0) is 9.59 Å². The lowest BCUT2D eigenvalue weighted by Gasteiger charge is -2.14. The third-order valence-corrected chi connectivity index (χ3v) is 3.90. The molecule has 0 fully saturated rings. The first-order valence-electron chi connectivity index (χ1n) is 7.44. The molecule has 5 nitrogen and oxygen atoms in total. The van der Waals surface area contributed by atoms with E-state index in [4.69, 9.17) is 5.11 Å². The fourth-order valence-electron chi connectivity index (χ4n) is 2.73. The Morgan fingerprint density at radius 2 is 2.19 bits per heavy atom. The average molecular weight is 290 g/mol. The van der Waals surface area contributed by atoms with Crippen LogP contribution < -0.4 is 10.6 Å². The van der Waals surface area contributed by atoms with E-state index in [0.717, 1.165) is 24.2 Å². The number of carboxylic acid groups (broad SMARTS) is 1. The number of carboxylic acids is 1. The number of anilines is 1. The number of hydrogen-bond acceptors (Lipinski definition) is 3. The molecule has 0 spiro atoms. The maximum absolute atomic E-state index is 12.0. The number of fused-ring (bicyclic) bond motifs is 1. The summed E-state index contributed by atoms with van der Waals surface area (Å²) in [5, 5.41) is 15.1. The van der Waals surface area contributed by atoms with Gasteiger partial charge in [0.15, 0.2) is 0 Å². The molecule has 114 valence electrons. The zero-order valence-electron chi connectivity index (χ0n) is 12.3. The van der Waals surface area contributed by atoms with Crippen molar-refractivity contribution in [2.75, 3.05) is 18.4 Å². The number of rotatable bonds is 7. The van der Waals surface area contributed by atoms with E-state index in [-0.39, 0.29) is 18.4 Å². The van der Waals surface area contributed by atoms with E-state index < -0.39 is 11.9 Å². The summed E-state index contributed by atoms with van der Waals surface area (Å²) < 4.78 is 0. The van der Waals surface area contributed by atoms with Crippen molar-refractivity contribution in [2.24, 2.45) is 5.92 Å². The van der Waals surface area contributed by atoms with E-state index in [1.54, 1.807) is 0 Å². The van der Waals surface area contributed by atoms with Crippen LogP contribution in [0.5, 0.6) is 0 Å². The maximum Gasteiger partial charge on any atom is 0.308 e. The van der Waals surface area contributed by atoms with Crippen LogP contribution in [0, 0.1) is 5.92 Å². The highest BCUT2D eigenvalue weighted by Crippen LogP contribution is 2.32. The lowest BCUT2D eigenvalue weighted by molar-refractivity contribution is -0.141. The maximum atomic E-state index is 12.0. The van der Waals surface area contributed by atoms with E-state index in [2.05, 4.69) is 10.6 Å². The molecule has 1 aromatic carbocycles. The van der Waals surface area contributed by atoms with Crippen LogP contribution in [0.2, 0.25) is 0 Å². The van der Waals surface area contributed by atoms with Gasteiger partial charge in [-0.05, 0) is 18.1 Å². The van der Waals surface area contributed by atoms with Gasteiger partial charge in [0.2, 0.25) is 5.91 Å². The van der Waals surface area contributed by atoms with Crippen molar-refractivity contribution >= 4 is 17.6 Å². The molecule has 2 atom stereocenters. The number of benzene rings is 1. The van der Waals surface area contributed by atoms with Crippen LogP contribution in [0.1, 0.15) is 37.7 Å². The molecule has 0 aromatic heterocycles. The summed E-state index contributed by atoms with van der Waals surface area (Å²) in [6.45, 7) is 2.91. The van der Waals surface area contributed by atoms with Crippen molar-refractivity contribution in [3.05, 3.63) is 29.8 Å². The predicted molar refractivity (Wildman–Crippen MR) is 81.3 cm³/mol. The first-order valence-corrected chi connectivity index (χ1v) is 7.44. The zero-order chi connectivity index (χ0) is 15.2. The van der Waals surface area contributed by atoms with Crippen molar-refractivity contribution in [3.8, 4) is 0 Å². The minimum atomic E-state index is -0.843. The van der Waals surface area contributed by atoms with E-state index in [1.807, 2.05) is 31.2 Å². The standard InChI is InChI=1S/C16H22N2O3/c1-2-5-11(16(20)21)9-18-15(19)8-12-10-17-14-7-4-3-6-13(12)14/h3-4,6-7,11-12,17H,2,5,8-10H2,1H3,(H,18,19)(H,20,21). The van der Waals surface area contributed by atoms with Crippen molar-refractivity contribution in [2.45, 2.75) is 32.1 Å². The van der Waals surface area contributed by atoms with Crippen LogP contribution in [0.3, 0.4) is 0 Å². The summed E-state index contributed by atoms with van der Waals surface area (Å²) in [5.74, 6) is -1.26. The van der Waals surface area contributed by atoms with Gasteiger partial charge in [-0.1, -0.05) is 31.5 Å². The molecular formula is C16H22N2O3. The summed E-state index contributed by atoms with van der Waals surface area (Å²) in [6.07, 6.45) is 1.78. The molecule has 0 saturated heterocycles. The van der Waals surface area contributed by atoms with E-state index in [1.165, 1.54) is 0 Å². The fourth-order valence-corrected chi connectivity index (χ4v) is 2.73. The van der Waals surface area contributed by atoms with Crippen molar-refractivity contribution < 1.29 is 14.7 Å². The summed E-state index contributed by atoms with van der Waals surface area (Å²) in [4.78, 5) is 23.1. The van der Waals surface area contributed by atoms with Crippen LogP contribution in [-0.4, -0.2) is 30.1 Å². The van der Waals surface area contributed by atoms with E-state index >= 15 is 0 Å². The third kappa shape index (κ3) is 3.97. The Bertz CT molecular complexity index is 516. The van der Waals surface area contributed by atoms with Gasteiger partial charge in [-0.2, -0.15) is 0 Å². The minimum Gasteiger partial charge on any atom is -0.481 e. The van der Waals surface area contributed by atoms with Gasteiger partial charge in [-0.25, -0.2) is 0 Å². The highest BCUT2D eigenvalue weighted by molar-refractivity contribution is 5.79. The van der Waals surface area contributed by atoms with Gasteiger partial charge in [0.25, 0.3) is 0 Å². The molecule has 1 aliphatic heterocycles. The molecular weight excluding hydrogens is 268 g/mol. The number of para-hydroxylation sites is 1. The Kier molecular flexibility index (Phi) is 5.20. The van der Waals surface area contributed by atoms with Crippen LogP contribution in [0.4, 0.5) is 5.69 Å². The molecule has 0 radical (unpaired) electrons. The van der Waals surface area contributed by atoms with Crippen LogP contribution in [0.15, 0.2) is 24.3 Å². The molecule has 2 rings (SSSR count). The average Bonchev–Trinajstić information content (AvgIpc) is 2.86. The third-order valence-electron chi connectivity index (χ3n) is 3.90. The highest BCUT2D eigenvalue weighted by Gasteiger charge is 2.24. The molecule has 1 aliphatic rings. The Labute approximate surface area is 124 Å². The Morgan fingerprint density at radius 3 is 2.90 bits per heavy atom. The van der Waals surface area contributed by atoms with Crippen LogP contribution in [0.25, 0.3) is 0 Å². The summed E-state index contributed by atoms with van der Waals surface area (Å²) in [6, 6.07) is 7.98. The van der Waals surface area contributed by atoms with Gasteiger partial charge >= 0.3 is 5.97 Å². The number of hydrogen-bond donors (Lipinski definition) is 3. The molecule has 3 N–H and O–H groups in total. The Balaban J connectivity index is 1.84. The summed E-state index contributed by atoms with van der Waals surface area (Å²) >= 11 is 0. The second-order valence-electron chi connectivity index (χ2n) is 5.50. The Hall–Kier alpha value is -2.04. The first-order chi connectivity index (χ1) is 10.1. The number of carbonyl (C=O) groups excluding carboxylic acids is 1. The van der Waals surface area contributed by atoms with Gasteiger partial charge < -0.3 is 15.7 Å². The van der Waals surface area contributed by atoms with Gasteiger partial charge in [-0.3, -0.25) is 9.59 Å². The normalized spacial score (nSPS) is 17.7.